The van der Waals surface area contributed by atoms with E-state index in [4.69, 9.17) is 9.47 Å². The largest absolute Gasteiger partial charge is 0.508 e. The van der Waals surface area contributed by atoms with Gasteiger partial charge in [-0.05, 0) is 55.2 Å². The van der Waals surface area contributed by atoms with Crippen molar-refractivity contribution in [3.05, 3.63) is 53.6 Å². The van der Waals surface area contributed by atoms with Crippen LogP contribution in [0.2, 0.25) is 0 Å². The number of rotatable bonds is 12. The highest BCUT2D eigenvalue weighted by molar-refractivity contribution is 5.94. The first kappa shape index (κ1) is 21.6. The average molecular weight is 386 g/mol. The van der Waals surface area contributed by atoms with Gasteiger partial charge in [0.05, 0.1) is 13.2 Å². The Balaban J connectivity index is 1.95. The van der Waals surface area contributed by atoms with Gasteiger partial charge in [0.1, 0.15) is 5.75 Å². The van der Waals surface area contributed by atoms with Gasteiger partial charge in [-0.3, -0.25) is 4.79 Å². The SMILES string of the molecule is CCCCCOc1cc(C(=O)NCCc2ccc(O)cc2)ccc1OCCC. The van der Waals surface area contributed by atoms with Crippen molar-refractivity contribution >= 4 is 5.91 Å². The van der Waals surface area contributed by atoms with Gasteiger partial charge in [0.15, 0.2) is 11.5 Å². The van der Waals surface area contributed by atoms with E-state index in [9.17, 15) is 9.90 Å². The van der Waals surface area contributed by atoms with Crippen molar-refractivity contribution in [3.63, 3.8) is 0 Å². The molecule has 0 fully saturated rings. The van der Waals surface area contributed by atoms with Crippen LogP contribution in [0.3, 0.4) is 0 Å². The molecule has 28 heavy (non-hydrogen) atoms. The molecule has 0 radical (unpaired) electrons. The molecule has 0 aliphatic carbocycles. The Morgan fingerprint density at radius 3 is 2.39 bits per heavy atom. The monoisotopic (exact) mass is 385 g/mol. The summed E-state index contributed by atoms with van der Waals surface area (Å²) in [5.41, 5.74) is 1.61. The predicted octanol–water partition coefficient (Wildman–Crippen LogP) is 4.72. The van der Waals surface area contributed by atoms with Gasteiger partial charge in [-0.2, -0.15) is 0 Å². The van der Waals surface area contributed by atoms with Crippen LogP contribution in [-0.2, 0) is 6.42 Å². The summed E-state index contributed by atoms with van der Waals surface area (Å²) in [6.07, 6.45) is 4.83. The smallest absolute Gasteiger partial charge is 0.251 e. The van der Waals surface area contributed by atoms with Crippen LogP contribution < -0.4 is 14.8 Å². The van der Waals surface area contributed by atoms with Gasteiger partial charge in [-0.1, -0.05) is 38.8 Å². The summed E-state index contributed by atoms with van der Waals surface area (Å²) in [5.74, 6) is 1.40. The minimum atomic E-state index is -0.140. The zero-order valence-corrected chi connectivity index (χ0v) is 16.9. The van der Waals surface area contributed by atoms with Crippen LogP contribution in [0.25, 0.3) is 0 Å². The standard InChI is InChI=1S/C23H31NO4/c1-3-5-6-16-28-22-17-19(9-12-21(22)27-15-4-2)23(26)24-14-13-18-7-10-20(25)11-8-18/h7-12,17,25H,3-6,13-16H2,1-2H3,(H,24,26). The summed E-state index contributed by atoms with van der Waals surface area (Å²) in [7, 11) is 0. The molecular formula is C23H31NO4. The Morgan fingerprint density at radius 1 is 0.929 bits per heavy atom. The number of hydrogen-bond acceptors (Lipinski definition) is 4. The van der Waals surface area contributed by atoms with Crippen molar-refractivity contribution < 1.29 is 19.4 Å². The van der Waals surface area contributed by atoms with Gasteiger partial charge in [0, 0.05) is 12.1 Å². The Bertz CT molecular complexity index is 728. The number of hydrogen-bond donors (Lipinski definition) is 2. The molecule has 0 aliphatic rings. The summed E-state index contributed by atoms with van der Waals surface area (Å²) in [6.45, 7) is 5.95. The third-order valence-electron chi connectivity index (χ3n) is 4.31. The van der Waals surface area contributed by atoms with Gasteiger partial charge in [-0.15, -0.1) is 0 Å². The maximum atomic E-state index is 12.5. The summed E-state index contributed by atoms with van der Waals surface area (Å²) in [5, 5.41) is 12.3. The van der Waals surface area contributed by atoms with Crippen LogP contribution in [0.15, 0.2) is 42.5 Å². The number of phenolic OH excluding ortho intramolecular Hbond substituents is 1. The molecule has 0 spiro atoms. The molecule has 2 aromatic rings. The van der Waals surface area contributed by atoms with Crippen molar-refractivity contribution in [2.24, 2.45) is 0 Å². The highest BCUT2D eigenvalue weighted by atomic mass is 16.5. The molecule has 152 valence electrons. The number of amides is 1. The molecule has 0 aromatic heterocycles. The second-order valence-electron chi connectivity index (χ2n) is 6.74. The first-order valence-corrected chi connectivity index (χ1v) is 10.1. The van der Waals surface area contributed by atoms with Crippen LogP contribution in [0.4, 0.5) is 0 Å². The molecule has 1 amide bonds. The molecule has 0 heterocycles. The Labute approximate surface area is 167 Å². The van der Waals surface area contributed by atoms with E-state index in [1.807, 2.05) is 12.1 Å². The van der Waals surface area contributed by atoms with Gasteiger partial charge < -0.3 is 19.9 Å². The zero-order chi connectivity index (χ0) is 20.2. The van der Waals surface area contributed by atoms with Gasteiger partial charge in [0.25, 0.3) is 5.91 Å². The Kier molecular flexibility index (Phi) is 9.19. The number of unbranched alkanes of at least 4 members (excludes halogenated alkanes) is 2. The van der Waals surface area contributed by atoms with E-state index >= 15 is 0 Å². The summed E-state index contributed by atoms with van der Waals surface area (Å²) in [4.78, 5) is 12.5. The van der Waals surface area contributed by atoms with Crippen LogP contribution in [0, 0.1) is 0 Å². The molecule has 5 heteroatoms. The van der Waals surface area contributed by atoms with Crippen molar-refractivity contribution in [2.75, 3.05) is 19.8 Å². The number of carbonyl (C=O) groups is 1. The highest BCUT2D eigenvalue weighted by Gasteiger charge is 2.12. The normalized spacial score (nSPS) is 10.5. The first-order valence-electron chi connectivity index (χ1n) is 10.1. The average Bonchev–Trinajstić information content (AvgIpc) is 2.71. The lowest BCUT2D eigenvalue weighted by molar-refractivity contribution is 0.0953. The molecule has 2 aromatic carbocycles. The third-order valence-corrected chi connectivity index (χ3v) is 4.31. The zero-order valence-electron chi connectivity index (χ0n) is 16.9. The van der Waals surface area contributed by atoms with E-state index in [-0.39, 0.29) is 11.7 Å². The van der Waals surface area contributed by atoms with E-state index in [1.165, 1.54) is 0 Å². The number of aromatic hydroxyl groups is 1. The topological polar surface area (TPSA) is 67.8 Å². The first-order chi connectivity index (χ1) is 13.6. The van der Waals surface area contributed by atoms with Crippen molar-refractivity contribution in [3.8, 4) is 17.2 Å². The van der Waals surface area contributed by atoms with E-state index in [1.54, 1.807) is 30.3 Å². The Morgan fingerprint density at radius 2 is 1.68 bits per heavy atom. The number of ether oxygens (including phenoxy) is 2. The molecule has 0 unspecified atom stereocenters. The van der Waals surface area contributed by atoms with E-state index in [2.05, 4.69) is 19.2 Å². The molecule has 5 nitrogen and oxygen atoms in total. The second kappa shape index (κ2) is 11.9. The van der Waals surface area contributed by atoms with Crippen molar-refractivity contribution in [2.45, 2.75) is 46.0 Å². The van der Waals surface area contributed by atoms with Crippen LogP contribution in [-0.4, -0.2) is 30.8 Å². The quantitative estimate of drug-likeness (QED) is 0.519. The predicted molar refractivity (Wildman–Crippen MR) is 111 cm³/mol. The minimum absolute atomic E-state index is 0.140. The number of benzene rings is 2. The van der Waals surface area contributed by atoms with E-state index in [0.29, 0.717) is 43.2 Å². The molecule has 0 saturated heterocycles. The maximum absolute atomic E-state index is 12.5. The Hall–Kier alpha value is -2.69. The van der Waals surface area contributed by atoms with E-state index in [0.717, 1.165) is 31.2 Å². The van der Waals surface area contributed by atoms with E-state index < -0.39 is 0 Å². The third kappa shape index (κ3) is 7.14. The minimum Gasteiger partial charge on any atom is -0.508 e. The van der Waals surface area contributed by atoms with Crippen LogP contribution >= 0.6 is 0 Å². The lowest BCUT2D eigenvalue weighted by Crippen LogP contribution is -2.25. The fraction of sp³-hybridized carbons (Fsp3) is 0.435. The van der Waals surface area contributed by atoms with Crippen LogP contribution in [0.1, 0.15) is 55.5 Å². The van der Waals surface area contributed by atoms with Crippen molar-refractivity contribution in [1.82, 2.24) is 5.32 Å². The number of nitrogens with one attached hydrogen (secondary N) is 1. The van der Waals surface area contributed by atoms with Crippen molar-refractivity contribution in [1.29, 1.82) is 0 Å². The summed E-state index contributed by atoms with van der Waals surface area (Å²) < 4.78 is 11.6. The molecule has 0 atom stereocenters. The van der Waals surface area contributed by atoms with Gasteiger partial charge in [-0.25, -0.2) is 0 Å². The molecule has 0 aliphatic heterocycles. The fourth-order valence-electron chi connectivity index (χ4n) is 2.71. The molecule has 2 N–H and O–H groups in total. The molecule has 0 saturated carbocycles. The summed E-state index contributed by atoms with van der Waals surface area (Å²) >= 11 is 0. The lowest BCUT2D eigenvalue weighted by Gasteiger charge is -2.14. The summed E-state index contributed by atoms with van der Waals surface area (Å²) in [6, 6.07) is 12.3. The molecule has 2 rings (SSSR count). The van der Waals surface area contributed by atoms with Gasteiger partial charge >= 0.3 is 0 Å². The van der Waals surface area contributed by atoms with Gasteiger partial charge in [0.2, 0.25) is 0 Å². The second-order valence-corrected chi connectivity index (χ2v) is 6.74. The number of carbonyl (C=O) groups excluding carboxylic acids is 1. The molecule has 0 bridgehead atoms. The highest BCUT2D eigenvalue weighted by Crippen LogP contribution is 2.29. The maximum Gasteiger partial charge on any atom is 0.251 e. The van der Waals surface area contributed by atoms with Crippen LogP contribution in [0.5, 0.6) is 17.2 Å². The molecular weight excluding hydrogens is 354 g/mol. The number of phenols is 1. The lowest BCUT2D eigenvalue weighted by atomic mass is 10.1. The fourth-order valence-corrected chi connectivity index (χ4v) is 2.71.